The van der Waals surface area contributed by atoms with Gasteiger partial charge in [-0.05, 0) is 30.2 Å². The Balaban J connectivity index is 2.01. The highest BCUT2D eigenvalue weighted by Crippen LogP contribution is 2.30. The Morgan fingerprint density at radius 2 is 2.11 bits per heavy atom. The van der Waals surface area contributed by atoms with Crippen molar-refractivity contribution >= 4 is 12.0 Å². The zero-order valence-electron chi connectivity index (χ0n) is 10.4. The SMILES string of the molecule is CCCNC(=O)/C=C/c1ccc2c(c1)OCCO2. The molecule has 0 saturated carbocycles. The number of carbonyl (C=O) groups excluding carboxylic acids is 1. The number of rotatable bonds is 4. The van der Waals surface area contributed by atoms with Gasteiger partial charge in [0, 0.05) is 12.6 Å². The summed E-state index contributed by atoms with van der Waals surface area (Å²) in [7, 11) is 0. The highest BCUT2D eigenvalue weighted by atomic mass is 16.6. The van der Waals surface area contributed by atoms with Gasteiger partial charge in [-0.3, -0.25) is 4.79 Å². The van der Waals surface area contributed by atoms with Crippen LogP contribution in [0.5, 0.6) is 11.5 Å². The molecule has 1 aromatic carbocycles. The van der Waals surface area contributed by atoms with Crippen molar-refractivity contribution in [2.75, 3.05) is 19.8 Å². The van der Waals surface area contributed by atoms with Gasteiger partial charge in [-0.25, -0.2) is 0 Å². The molecule has 18 heavy (non-hydrogen) atoms. The van der Waals surface area contributed by atoms with Gasteiger partial charge in [0.05, 0.1) is 0 Å². The van der Waals surface area contributed by atoms with Gasteiger partial charge in [0.2, 0.25) is 5.91 Å². The monoisotopic (exact) mass is 247 g/mol. The Bertz CT molecular complexity index is 454. The lowest BCUT2D eigenvalue weighted by atomic mass is 10.2. The molecule has 0 radical (unpaired) electrons. The number of nitrogens with one attached hydrogen (secondary N) is 1. The minimum absolute atomic E-state index is 0.0771. The van der Waals surface area contributed by atoms with E-state index in [0.717, 1.165) is 23.5 Å². The van der Waals surface area contributed by atoms with Crippen LogP contribution in [-0.2, 0) is 4.79 Å². The maximum absolute atomic E-state index is 11.4. The molecule has 0 aromatic heterocycles. The summed E-state index contributed by atoms with van der Waals surface area (Å²) in [4.78, 5) is 11.4. The van der Waals surface area contributed by atoms with Crippen molar-refractivity contribution in [1.82, 2.24) is 5.32 Å². The third-order valence-electron chi connectivity index (χ3n) is 2.54. The zero-order valence-corrected chi connectivity index (χ0v) is 10.4. The quantitative estimate of drug-likeness (QED) is 0.828. The number of amides is 1. The molecule has 0 saturated heterocycles. The van der Waals surface area contributed by atoms with Gasteiger partial charge < -0.3 is 14.8 Å². The van der Waals surface area contributed by atoms with Gasteiger partial charge in [0.1, 0.15) is 13.2 Å². The lowest BCUT2D eigenvalue weighted by Gasteiger charge is -2.18. The van der Waals surface area contributed by atoms with E-state index in [9.17, 15) is 4.79 Å². The van der Waals surface area contributed by atoms with Gasteiger partial charge in [-0.1, -0.05) is 13.0 Å². The molecule has 1 amide bonds. The Morgan fingerprint density at radius 3 is 2.89 bits per heavy atom. The maximum Gasteiger partial charge on any atom is 0.243 e. The van der Waals surface area contributed by atoms with Crippen molar-refractivity contribution in [3.8, 4) is 11.5 Å². The number of hydrogen-bond acceptors (Lipinski definition) is 3. The van der Waals surface area contributed by atoms with E-state index < -0.39 is 0 Å². The fraction of sp³-hybridized carbons (Fsp3) is 0.357. The van der Waals surface area contributed by atoms with Crippen LogP contribution in [0.3, 0.4) is 0 Å². The van der Waals surface area contributed by atoms with Gasteiger partial charge in [-0.15, -0.1) is 0 Å². The number of carbonyl (C=O) groups is 1. The molecule has 0 fully saturated rings. The van der Waals surface area contributed by atoms with Crippen molar-refractivity contribution in [3.05, 3.63) is 29.8 Å². The van der Waals surface area contributed by atoms with Crippen LogP contribution in [0.2, 0.25) is 0 Å². The Kier molecular flexibility index (Phi) is 4.23. The molecule has 1 aromatic rings. The molecular formula is C14H17NO3. The van der Waals surface area contributed by atoms with Crippen LogP contribution in [0.15, 0.2) is 24.3 Å². The minimum Gasteiger partial charge on any atom is -0.486 e. The second-order valence-corrected chi connectivity index (χ2v) is 4.03. The predicted molar refractivity (Wildman–Crippen MR) is 69.8 cm³/mol. The lowest BCUT2D eigenvalue weighted by Crippen LogP contribution is -2.21. The molecule has 0 atom stereocenters. The first-order chi connectivity index (χ1) is 8.79. The van der Waals surface area contributed by atoms with Crippen molar-refractivity contribution in [1.29, 1.82) is 0 Å². The summed E-state index contributed by atoms with van der Waals surface area (Å²) in [5.41, 5.74) is 0.922. The average molecular weight is 247 g/mol. The first-order valence-electron chi connectivity index (χ1n) is 6.15. The molecule has 1 aliphatic heterocycles. The van der Waals surface area contributed by atoms with Crippen LogP contribution in [0.25, 0.3) is 6.08 Å². The number of benzene rings is 1. The average Bonchev–Trinajstić information content (AvgIpc) is 2.42. The highest BCUT2D eigenvalue weighted by molar-refractivity contribution is 5.91. The number of ether oxygens (including phenoxy) is 2. The molecule has 0 aliphatic carbocycles. The van der Waals surface area contributed by atoms with Crippen LogP contribution >= 0.6 is 0 Å². The Morgan fingerprint density at radius 1 is 1.33 bits per heavy atom. The van der Waals surface area contributed by atoms with Crippen molar-refractivity contribution in [2.24, 2.45) is 0 Å². The normalized spacial score (nSPS) is 13.6. The number of hydrogen-bond donors (Lipinski definition) is 1. The summed E-state index contributed by atoms with van der Waals surface area (Å²) in [6.45, 7) is 3.87. The summed E-state index contributed by atoms with van der Waals surface area (Å²) in [5, 5.41) is 2.78. The first-order valence-corrected chi connectivity index (χ1v) is 6.15. The molecule has 4 heteroatoms. The summed E-state index contributed by atoms with van der Waals surface area (Å²) in [5.74, 6) is 1.41. The van der Waals surface area contributed by atoms with E-state index >= 15 is 0 Å². The Labute approximate surface area is 107 Å². The molecule has 1 heterocycles. The van der Waals surface area contributed by atoms with Crippen LogP contribution in [0, 0.1) is 0 Å². The van der Waals surface area contributed by atoms with Gasteiger partial charge in [0.25, 0.3) is 0 Å². The van der Waals surface area contributed by atoms with E-state index in [1.54, 1.807) is 6.08 Å². The molecule has 1 N–H and O–H groups in total. The largest absolute Gasteiger partial charge is 0.486 e. The summed E-state index contributed by atoms with van der Waals surface area (Å²) in [6, 6.07) is 5.63. The predicted octanol–water partition coefficient (Wildman–Crippen LogP) is 2.00. The molecule has 1 aliphatic rings. The zero-order chi connectivity index (χ0) is 12.8. The van der Waals surface area contributed by atoms with Gasteiger partial charge in [0.15, 0.2) is 11.5 Å². The van der Waals surface area contributed by atoms with E-state index in [-0.39, 0.29) is 5.91 Å². The third-order valence-corrected chi connectivity index (χ3v) is 2.54. The van der Waals surface area contributed by atoms with E-state index in [1.807, 2.05) is 25.1 Å². The highest BCUT2D eigenvalue weighted by Gasteiger charge is 2.10. The molecule has 0 spiro atoms. The van der Waals surface area contributed by atoms with E-state index in [2.05, 4.69) is 5.32 Å². The maximum atomic E-state index is 11.4. The standard InChI is InChI=1S/C14H17NO3/c1-2-7-15-14(16)6-4-11-3-5-12-13(10-11)18-9-8-17-12/h3-6,10H,2,7-9H2,1H3,(H,15,16)/b6-4+. The van der Waals surface area contributed by atoms with Crippen LogP contribution < -0.4 is 14.8 Å². The molecule has 0 unspecified atom stereocenters. The first kappa shape index (κ1) is 12.5. The summed E-state index contributed by atoms with van der Waals surface area (Å²) in [6.07, 6.45) is 4.23. The van der Waals surface area contributed by atoms with Gasteiger partial charge in [-0.2, -0.15) is 0 Å². The molecule has 2 rings (SSSR count). The second-order valence-electron chi connectivity index (χ2n) is 4.03. The molecule has 4 nitrogen and oxygen atoms in total. The summed E-state index contributed by atoms with van der Waals surface area (Å²) >= 11 is 0. The molecule has 0 bridgehead atoms. The fourth-order valence-electron chi connectivity index (χ4n) is 1.64. The van der Waals surface area contributed by atoms with Gasteiger partial charge >= 0.3 is 0 Å². The Hall–Kier alpha value is -1.97. The van der Waals surface area contributed by atoms with Crippen molar-refractivity contribution in [2.45, 2.75) is 13.3 Å². The van der Waals surface area contributed by atoms with Crippen molar-refractivity contribution in [3.63, 3.8) is 0 Å². The lowest BCUT2D eigenvalue weighted by molar-refractivity contribution is -0.116. The van der Waals surface area contributed by atoms with Crippen LogP contribution in [0.1, 0.15) is 18.9 Å². The summed E-state index contributed by atoms with van der Waals surface area (Å²) < 4.78 is 10.9. The molecular weight excluding hydrogens is 230 g/mol. The van der Waals surface area contributed by atoms with E-state index in [0.29, 0.717) is 19.8 Å². The van der Waals surface area contributed by atoms with Crippen LogP contribution in [0.4, 0.5) is 0 Å². The minimum atomic E-state index is -0.0771. The molecule has 96 valence electrons. The van der Waals surface area contributed by atoms with Crippen molar-refractivity contribution < 1.29 is 14.3 Å². The van der Waals surface area contributed by atoms with E-state index in [4.69, 9.17) is 9.47 Å². The van der Waals surface area contributed by atoms with E-state index in [1.165, 1.54) is 6.08 Å². The third kappa shape index (κ3) is 3.26. The second kappa shape index (κ2) is 6.10. The topological polar surface area (TPSA) is 47.6 Å². The fourth-order valence-corrected chi connectivity index (χ4v) is 1.64. The van der Waals surface area contributed by atoms with Crippen LogP contribution in [-0.4, -0.2) is 25.7 Å². The number of fused-ring (bicyclic) bond motifs is 1. The smallest absolute Gasteiger partial charge is 0.243 e.